The summed E-state index contributed by atoms with van der Waals surface area (Å²) in [6, 6.07) is 13.9. The molecule has 0 bridgehead atoms. The summed E-state index contributed by atoms with van der Waals surface area (Å²) in [5.41, 5.74) is 4.09. The maximum Gasteiger partial charge on any atom is 0.127 e. The first kappa shape index (κ1) is 16.0. The van der Waals surface area contributed by atoms with Crippen LogP contribution in [-0.2, 0) is 6.42 Å². The van der Waals surface area contributed by atoms with Crippen molar-refractivity contribution in [2.75, 3.05) is 0 Å². The van der Waals surface area contributed by atoms with E-state index in [1.54, 1.807) is 6.07 Å². The van der Waals surface area contributed by atoms with Crippen LogP contribution in [0.2, 0.25) is 0 Å². The van der Waals surface area contributed by atoms with Gasteiger partial charge in [0.05, 0.1) is 0 Å². The number of halogens is 1. The van der Waals surface area contributed by atoms with Crippen molar-refractivity contribution in [1.82, 2.24) is 0 Å². The summed E-state index contributed by atoms with van der Waals surface area (Å²) < 4.78 is 14.4. The molecule has 0 fully saturated rings. The van der Waals surface area contributed by atoms with Crippen molar-refractivity contribution >= 4 is 0 Å². The molecule has 0 radical (unpaired) electrons. The molecule has 2 unspecified atom stereocenters. The third-order valence-corrected chi connectivity index (χ3v) is 4.93. The Morgan fingerprint density at radius 3 is 2.35 bits per heavy atom. The highest BCUT2D eigenvalue weighted by Gasteiger charge is 2.13. The Morgan fingerprint density at radius 1 is 0.957 bits per heavy atom. The monoisotopic (exact) mass is 308 g/mol. The first-order chi connectivity index (χ1) is 11.1. The van der Waals surface area contributed by atoms with Gasteiger partial charge in [-0.25, -0.2) is 4.39 Å². The zero-order valence-electron chi connectivity index (χ0n) is 14.1. The molecule has 0 amide bonds. The minimum Gasteiger partial charge on any atom is -0.207 e. The molecule has 0 aromatic heterocycles. The van der Waals surface area contributed by atoms with Crippen LogP contribution in [0.4, 0.5) is 4.39 Å². The molecule has 0 saturated carbocycles. The molecule has 0 nitrogen and oxygen atoms in total. The average Bonchev–Trinajstić information content (AvgIpc) is 2.56. The van der Waals surface area contributed by atoms with Gasteiger partial charge in [-0.1, -0.05) is 61.0 Å². The lowest BCUT2D eigenvalue weighted by atomic mass is 9.86. The Labute approximate surface area is 139 Å². The topological polar surface area (TPSA) is 0 Å². The third-order valence-electron chi connectivity index (χ3n) is 4.93. The summed E-state index contributed by atoms with van der Waals surface area (Å²) in [6.07, 6.45) is 9.00. The van der Waals surface area contributed by atoms with Gasteiger partial charge in [-0.05, 0) is 67.2 Å². The van der Waals surface area contributed by atoms with E-state index in [1.165, 1.54) is 18.4 Å². The second-order valence-electron chi connectivity index (χ2n) is 6.91. The minimum absolute atomic E-state index is 0.0729. The van der Waals surface area contributed by atoms with Gasteiger partial charge in [0.2, 0.25) is 0 Å². The van der Waals surface area contributed by atoms with Crippen LogP contribution in [0.25, 0.3) is 11.1 Å². The summed E-state index contributed by atoms with van der Waals surface area (Å²) in [7, 11) is 0. The summed E-state index contributed by atoms with van der Waals surface area (Å²) in [6.45, 7) is 4.32. The largest absolute Gasteiger partial charge is 0.207 e. The highest BCUT2D eigenvalue weighted by molar-refractivity contribution is 5.64. The van der Waals surface area contributed by atoms with Gasteiger partial charge >= 0.3 is 0 Å². The van der Waals surface area contributed by atoms with Gasteiger partial charge in [0.25, 0.3) is 0 Å². The quantitative estimate of drug-likeness (QED) is 0.578. The Morgan fingerprint density at radius 2 is 1.70 bits per heavy atom. The van der Waals surface area contributed by atoms with Crippen molar-refractivity contribution < 1.29 is 4.39 Å². The predicted molar refractivity (Wildman–Crippen MR) is 95.9 cm³/mol. The third kappa shape index (κ3) is 4.10. The molecule has 2 atom stereocenters. The van der Waals surface area contributed by atoms with Crippen molar-refractivity contribution in [3.05, 3.63) is 71.6 Å². The highest BCUT2D eigenvalue weighted by Crippen LogP contribution is 2.27. The summed E-state index contributed by atoms with van der Waals surface area (Å²) >= 11 is 0. The molecule has 0 N–H and O–H groups in total. The number of benzene rings is 2. The summed E-state index contributed by atoms with van der Waals surface area (Å²) in [5.74, 6) is 1.25. The molecule has 23 heavy (non-hydrogen) atoms. The lowest BCUT2D eigenvalue weighted by Gasteiger charge is -2.20. The molecule has 1 aliphatic rings. The molecule has 0 heterocycles. The molecule has 3 rings (SSSR count). The standard InChI is InChI=1S/C22H25F/c1-16-3-7-18(8-4-16)9-12-20-13-14-21(15-22(20)23)19-10-5-17(2)6-11-19/h3,5-7,10-11,13-16,18H,4,8-9,12H2,1-2H3. The van der Waals surface area contributed by atoms with Gasteiger partial charge in [-0.3, -0.25) is 0 Å². The Kier molecular flexibility index (Phi) is 4.95. The molecule has 1 heteroatoms. The van der Waals surface area contributed by atoms with Crippen LogP contribution in [0, 0.1) is 24.6 Å². The van der Waals surface area contributed by atoms with Crippen molar-refractivity contribution in [1.29, 1.82) is 0 Å². The zero-order valence-corrected chi connectivity index (χ0v) is 14.1. The highest BCUT2D eigenvalue weighted by atomic mass is 19.1. The van der Waals surface area contributed by atoms with Crippen LogP contribution in [-0.4, -0.2) is 0 Å². The molecular weight excluding hydrogens is 283 g/mol. The molecule has 0 aliphatic heterocycles. The molecule has 120 valence electrons. The molecule has 2 aromatic rings. The average molecular weight is 308 g/mol. The van der Waals surface area contributed by atoms with Crippen LogP contribution in [0.3, 0.4) is 0 Å². The van der Waals surface area contributed by atoms with E-state index < -0.39 is 0 Å². The second-order valence-corrected chi connectivity index (χ2v) is 6.91. The van der Waals surface area contributed by atoms with Gasteiger partial charge in [-0.15, -0.1) is 0 Å². The van der Waals surface area contributed by atoms with Gasteiger partial charge in [0, 0.05) is 0 Å². The number of hydrogen-bond acceptors (Lipinski definition) is 0. The first-order valence-electron chi connectivity index (χ1n) is 8.65. The normalized spacial score (nSPS) is 20.7. The van der Waals surface area contributed by atoms with E-state index in [-0.39, 0.29) is 5.82 Å². The minimum atomic E-state index is -0.0729. The molecule has 0 spiro atoms. The van der Waals surface area contributed by atoms with Crippen LogP contribution >= 0.6 is 0 Å². The van der Waals surface area contributed by atoms with Crippen LogP contribution in [0.1, 0.15) is 37.3 Å². The van der Waals surface area contributed by atoms with E-state index in [2.05, 4.69) is 50.3 Å². The Balaban J connectivity index is 1.67. The number of allylic oxidation sites excluding steroid dienone is 2. The van der Waals surface area contributed by atoms with E-state index in [0.717, 1.165) is 29.5 Å². The molecule has 2 aromatic carbocycles. The first-order valence-corrected chi connectivity index (χ1v) is 8.65. The number of rotatable bonds is 4. The van der Waals surface area contributed by atoms with Gasteiger partial charge < -0.3 is 0 Å². The lowest BCUT2D eigenvalue weighted by molar-refractivity contribution is 0.450. The fraction of sp³-hybridized carbons (Fsp3) is 0.364. The second kappa shape index (κ2) is 7.12. The van der Waals surface area contributed by atoms with Crippen molar-refractivity contribution in [3.63, 3.8) is 0 Å². The number of hydrogen-bond donors (Lipinski definition) is 0. The van der Waals surface area contributed by atoms with E-state index in [1.807, 2.05) is 12.1 Å². The Hall–Kier alpha value is -1.89. The maximum atomic E-state index is 14.4. The maximum absolute atomic E-state index is 14.4. The van der Waals surface area contributed by atoms with Gasteiger partial charge in [0.1, 0.15) is 5.82 Å². The predicted octanol–water partition coefficient (Wildman–Crippen LogP) is 6.34. The van der Waals surface area contributed by atoms with Crippen LogP contribution in [0.5, 0.6) is 0 Å². The van der Waals surface area contributed by atoms with Crippen LogP contribution in [0.15, 0.2) is 54.6 Å². The lowest BCUT2D eigenvalue weighted by Crippen LogP contribution is -2.07. The van der Waals surface area contributed by atoms with Gasteiger partial charge in [-0.2, -0.15) is 0 Å². The van der Waals surface area contributed by atoms with Crippen LogP contribution < -0.4 is 0 Å². The van der Waals surface area contributed by atoms with E-state index in [0.29, 0.717) is 11.8 Å². The molecule has 0 saturated heterocycles. The molecular formula is C22H25F. The number of aryl methyl sites for hydroxylation is 2. The fourth-order valence-corrected chi connectivity index (χ4v) is 3.27. The SMILES string of the molecule is Cc1ccc(-c2ccc(CCC3C=CC(C)CC3)c(F)c2)cc1. The smallest absolute Gasteiger partial charge is 0.127 e. The van der Waals surface area contributed by atoms with Crippen molar-refractivity contribution in [2.24, 2.45) is 11.8 Å². The van der Waals surface area contributed by atoms with Gasteiger partial charge in [0.15, 0.2) is 0 Å². The summed E-state index contributed by atoms with van der Waals surface area (Å²) in [5, 5.41) is 0. The van der Waals surface area contributed by atoms with E-state index in [9.17, 15) is 4.39 Å². The fourth-order valence-electron chi connectivity index (χ4n) is 3.27. The Bertz CT molecular complexity index is 682. The van der Waals surface area contributed by atoms with Crippen molar-refractivity contribution in [2.45, 2.75) is 39.5 Å². The van der Waals surface area contributed by atoms with E-state index in [4.69, 9.17) is 0 Å². The zero-order chi connectivity index (χ0) is 16.2. The van der Waals surface area contributed by atoms with E-state index >= 15 is 0 Å². The molecule has 1 aliphatic carbocycles. The summed E-state index contributed by atoms with van der Waals surface area (Å²) in [4.78, 5) is 0. The van der Waals surface area contributed by atoms with Crippen molar-refractivity contribution in [3.8, 4) is 11.1 Å².